The minimum atomic E-state index is -4.80. The Morgan fingerprint density at radius 2 is 1.14 bits per heavy atom. The van der Waals surface area contributed by atoms with Gasteiger partial charge < -0.3 is 0 Å². The van der Waals surface area contributed by atoms with Crippen molar-refractivity contribution in [3.05, 3.63) is 0 Å². The molecule has 0 spiro atoms. The molecule has 1 fully saturated rings. The van der Waals surface area contributed by atoms with Gasteiger partial charge >= 0.3 is 51.6 Å². The summed E-state index contributed by atoms with van der Waals surface area (Å²) in [4.78, 5) is 23.7. The van der Waals surface area contributed by atoms with E-state index in [1.807, 2.05) is 0 Å². The normalized spacial score (nSPS) is 36.7. The summed E-state index contributed by atoms with van der Waals surface area (Å²) in [6, 6.07) is 0. The van der Waals surface area contributed by atoms with Gasteiger partial charge in [0.2, 0.25) is 0 Å². The fraction of sp³-hybridized carbons (Fsp3) is 0. The Kier molecular flexibility index (Phi) is 1.60. The van der Waals surface area contributed by atoms with E-state index >= 15 is 0 Å². The molecule has 0 bridgehead atoms. The van der Waals surface area contributed by atoms with Crippen molar-refractivity contribution in [1.82, 2.24) is 0 Å². The average Bonchev–Trinajstić information content (AvgIpc) is 1.73. The molecule has 0 aromatic heterocycles. The zero-order valence-corrected chi connectivity index (χ0v) is 3.50. The van der Waals surface area contributed by atoms with Crippen LogP contribution in [-0.2, 0) is 9.35 Å². The van der Waals surface area contributed by atoms with Crippen LogP contribution < -0.4 is 0 Å². The quantitative estimate of drug-likeness (QED) is 0.174. The topological polar surface area (TPSA) is 85.8 Å². The van der Waals surface area contributed by atoms with Crippen LogP contribution in [-0.4, -0.2) is 34.5 Å². The first-order valence-electron chi connectivity index (χ1n) is 1.13. The van der Waals surface area contributed by atoms with Crippen molar-refractivity contribution in [3.63, 3.8) is 0 Å². The summed E-state index contributed by atoms with van der Waals surface area (Å²) in [7, 11) is -4.80. The standard InChI is InChI=1S/Ga.H3O5P.3H/c;1-6(2,3)4-5-6;;;/h;1-3H;;;. The van der Waals surface area contributed by atoms with E-state index in [0.717, 1.165) is 0 Å². The molecule has 0 aliphatic carbocycles. The fourth-order valence-electron chi connectivity index (χ4n) is 0.0447. The van der Waals surface area contributed by atoms with Crippen LogP contribution in [0.5, 0.6) is 0 Å². The summed E-state index contributed by atoms with van der Waals surface area (Å²) < 4.78 is 6.76. The van der Waals surface area contributed by atoms with Crippen molar-refractivity contribution in [2.24, 2.45) is 0 Å². The van der Waals surface area contributed by atoms with Gasteiger partial charge in [0.25, 0.3) is 0 Å². The summed E-state index contributed by atoms with van der Waals surface area (Å²) in [6.07, 6.45) is 0. The van der Waals surface area contributed by atoms with Crippen LogP contribution in [0.15, 0.2) is 0 Å². The molecule has 0 atom stereocenters. The van der Waals surface area contributed by atoms with E-state index in [1.54, 1.807) is 0 Å². The molecule has 1 heterocycles. The third kappa shape index (κ3) is 2.63. The molecule has 7 heteroatoms. The second-order valence-electron chi connectivity index (χ2n) is 0.982. The van der Waals surface area contributed by atoms with Gasteiger partial charge in [-0.2, -0.15) is 0 Å². The van der Waals surface area contributed by atoms with E-state index in [4.69, 9.17) is 14.7 Å². The third-order valence-electron chi connectivity index (χ3n) is 0.275. The Balaban J connectivity index is 0.000000360. The summed E-state index contributed by atoms with van der Waals surface area (Å²) in [5, 5.41) is 0. The molecule has 0 saturated carbocycles. The van der Waals surface area contributed by atoms with Gasteiger partial charge in [-0.15, -0.1) is 0 Å². The molecule has 1 aliphatic heterocycles. The molecule has 3 N–H and O–H groups in total. The van der Waals surface area contributed by atoms with Crippen molar-refractivity contribution in [1.29, 1.82) is 0 Å². The van der Waals surface area contributed by atoms with Gasteiger partial charge in [-0.1, -0.05) is 0 Å². The molecule has 7 heavy (non-hydrogen) atoms. The van der Waals surface area contributed by atoms with Crippen molar-refractivity contribution >= 4 is 27.5 Å². The van der Waals surface area contributed by atoms with Crippen LogP contribution in [0.25, 0.3) is 0 Å². The predicted octanol–water partition coefficient (Wildman–Crippen LogP) is -2.13. The van der Waals surface area contributed by atoms with Gasteiger partial charge in [0.1, 0.15) is 0 Å². The van der Waals surface area contributed by atoms with Crippen LogP contribution in [0, 0.1) is 0 Å². The predicted molar refractivity (Wildman–Crippen MR) is 25.7 cm³/mol. The zero-order valence-electron chi connectivity index (χ0n) is 2.61. The van der Waals surface area contributed by atoms with Crippen molar-refractivity contribution < 1.29 is 24.0 Å². The van der Waals surface area contributed by atoms with Crippen molar-refractivity contribution in [2.45, 2.75) is 0 Å². The van der Waals surface area contributed by atoms with Crippen LogP contribution >= 0.6 is 7.74 Å². The van der Waals surface area contributed by atoms with Crippen molar-refractivity contribution in [2.75, 3.05) is 0 Å². The third-order valence-corrected chi connectivity index (χ3v) is 0.824. The van der Waals surface area contributed by atoms with Crippen LogP contribution in [0.4, 0.5) is 0 Å². The van der Waals surface area contributed by atoms with Gasteiger partial charge in [-0.25, -0.2) is 0 Å². The first kappa shape index (κ1) is 7.87. The first-order chi connectivity index (χ1) is 2.47. The molecular formula is H6GaO5P. The number of rotatable bonds is 0. The average molecular weight is 187 g/mol. The van der Waals surface area contributed by atoms with E-state index in [0.29, 0.717) is 0 Å². The molecule has 1 rings (SSSR count). The summed E-state index contributed by atoms with van der Waals surface area (Å²) in [6.45, 7) is 0. The van der Waals surface area contributed by atoms with Crippen LogP contribution in [0.3, 0.4) is 0 Å². The molecule has 44 valence electrons. The van der Waals surface area contributed by atoms with E-state index in [-0.39, 0.29) is 19.8 Å². The summed E-state index contributed by atoms with van der Waals surface area (Å²) in [5.41, 5.74) is 0. The molecule has 1 aliphatic rings. The van der Waals surface area contributed by atoms with Gasteiger partial charge in [-0.3, -0.25) is 0 Å². The van der Waals surface area contributed by atoms with E-state index < -0.39 is 7.74 Å². The minimum absolute atomic E-state index is 0. The number of hydrogen-bond donors (Lipinski definition) is 3. The first-order valence-corrected chi connectivity index (χ1v) is 3.06. The molecule has 0 amide bonds. The molecule has 0 aromatic carbocycles. The molecule has 0 radical (unpaired) electrons. The van der Waals surface area contributed by atoms with Gasteiger partial charge in [0.15, 0.2) is 0 Å². The second-order valence-corrected chi connectivity index (χ2v) is 2.95. The monoisotopic (exact) mass is 186 g/mol. The number of hydrogen-bond acceptors (Lipinski definition) is 5. The summed E-state index contributed by atoms with van der Waals surface area (Å²) in [5.74, 6) is 0. The Morgan fingerprint density at radius 1 is 1.00 bits per heavy atom. The maximum atomic E-state index is 7.89. The SMILES string of the molecule is OP1(O)(O)OO1.[GaH3]. The van der Waals surface area contributed by atoms with E-state index in [9.17, 15) is 0 Å². The van der Waals surface area contributed by atoms with E-state index in [2.05, 4.69) is 9.35 Å². The fourth-order valence-corrected chi connectivity index (χ4v) is 0.402. The van der Waals surface area contributed by atoms with E-state index in [1.165, 1.54) is 0 Å². The Bertz CT molecular complexity index is 71.8. The molecular weight excluding hydrogens is 181 g/mol. The molecule has 0 unspecified atom stereocenters. The van der Waals surface area contributed by atoms with Crippen molar-refractivity contribution in [3.8, 4) is 0 Å². The zero-order chi connectivity index (χ0) is 4.86. The van der Waals surface area contributed by atoms with Gasteiger partial charge in [-0.05, 0) is 0 Å². The summed E-state index contributed by atoms with van der Waals surface area (Å²) >= 11 is 0. The maximum absolute atomic E-state index is 7.89. The van der Waals surface area contributed by atoms with Gasteiger partial charge in [0, 0.05) is 0 Å². The Labute approximate surface area is 52.2 Å². The Hall–Kier alpha value is 0.866. The Morgan fingerprint density at radius 3 is 1.14 bits per heavy atom. The van der Waals surface area contributed by atoms with Crippen LogP contribution in [0.2, 0.25) is 0 Å². The van der Waals surface area contributed by atoms with Gasteiger partial charge in [0.05, 0.1) is 0 Å². The molecule has 0 aromatic rings. The van der Waals surface area contributed by atoms with Crippen LogP contribution in [0.1, 0.15) is 0 Å². The molecule has 5 nitrogen and oxygen atoms in total. The second kappa shape index (κ2) is 1.43. The molecule has 1 saturated heterocycles.